The molecule has 0 saturated heterocycles. The fourth-order valence-corrected chi connectivity index (χ4v) is 8.00. The van der Waals surface area contributed by atoms with Crippen LogP contribution < -0.4 is 4.90 Å². The molecule has 0 saturated carbocycles. The molecule has 0 bridgehead atoms. The summed E-state index contributed by atoms with van der Waals surface area (Å²) >= 11 is 0. The zero-order valence-electron chi connectivity index (χ0n) is 30.4. The number of fused-ring (bicyclic) bond motifs is 5. The van der Waals surface area contributed by atoms with Gasteiger partial charge in [0.15, 0.2) is 0 Å². The minimum atomic E-state index is 0.860. The van der Waals surface area contributed by atoms with Crippen LogP contribution in [0.2, 0.25) is 0 Å². The van der Waals surface area contributed by atoms with E-state index in [9.17, 15) is 0 Å². The summed E-state index contributed by atoms with van der Waals surface area (Å²) in [6, 6.07) is 66.4. The highest BCUT2D eigenvalue weighted by Gasteiger charge is 2.19. The number of para-hydroxylation sites is 3. The molecule has 0 unspecified atom stereocenters. The van der Waals surface area contributed by atoms with Crippen LogP contribution in [-0.4, -0.2) is 14.5 Å². The number of rotatable bonds is 7. The molecule has 0 amide bonds. The van der Waals surface area contributed by atoms with Crippen molar-refractivity contribution in [2.45, 2.75) is 6.92 Å². The van der Waals surface area contributed by atoms with Gasteiger partial charge in [-0.2, -0.15) is 0 Å². The first-order valence-electron chi connectivity index (χ1n) is 18.6. The maximum absolute atomic E-state index is 5.15. The van der Waals surface area contributed by atoms with Crippen molar-refractivity contribution in [3.63, 3.8) is 0 Å². The van der Waals surface area contributed by atoms with Gasteiger partial charge in [-0.15, -0.1) is 0 Å². The lowest BCUT2D eigenvalue weighted by Gasteiger charge is -2.26. The molecule has 0 N–H and O–H groups in total. The van der Waals surface area contributed by atoms with Crippen LogP contribution in [0.5, 0.6) is 0 Å². The Morgan fingerprint density at radius 3 is 1.69 bits per heavy atom. The van der Waals surface area contributed by atoms with E-state index in [1.54, 1.807) is 0 Å². The maximum Gasteiger partial charge on any atom is 0.0973 e. The molecular weight excluding hydrogens is 669 g/mol. The van der Waals surface area contributed by atoms with Crippen LogP contribution in [0, 0.1) is 0 Å². The molecule has 10 aromatic rings. The van der Waals surface area contributed by atoms with Gasteiger partial charge in [-0.25, -0.2) is 9.97 Å². The summed E-state index contributed by atoms with van der Waals surface area (Å²) in [5.74, 6) is 0. The summed E-state index contributed by atoms with van der Waals surface area (Å²) in [5, 5.41) is 4.85. The fraction of sp³-hybridized carbons (Fsp3) is 0.0196. The van der Waals surface area contributed by atoms with Crippen molar-refractivity contribution in [1.82, 2.24) is 14.5 Å². The van der Waals surface area contributed by atoms with E-state index in [0.29, 0.717) is 0 Å². The van der Waals surface area contributed by atoms with Crippen molar-refractivity contribution in [1.29, 1.82) is 0 Å². The lowest BCUT2D eigenvalue weighted by atomic mass is 9.97. The largest absolute Gasteiger partial charge is 0.314 e. The van der Waals surface area contributed by atoms with Crippen molar-refractivity contribution in [3.05, 3.63) is 195 Å². The average molecular weight is 705 g/mol. The SMILES string of the molecule is C=C(C)n1c2ccc(-c3cccc4ccccc34)cc2c2cc(N(c3ccccc3)c3ccc(-c4nc5ccccc5nc4-c4ccccc4)cc3)ccc21. The molecule has 0 radical (unpaired) electrons. The molecule has 10 rings (SSSR count). The molecule has 8 aromatic carbocycles. The Labute approximate surface area is 319 Å². The Morgan fingerprint density at radius 1 is 0.455 bits per heavy atom. The zero-order valence-corrected chi connectivity index (χ0v) is 30.4. The van der Waals surface area contributed by atoms with Crippen molar-refractivity contribution in [3.8, 4) is 33.6 Å². The van der Waals surface area contributed by atoms with E-state index in [1.165, 1.54) is 32.7 Å². The normalized spacial score (nSPS) is 11.4. The minimum Gasteiger partial charge on any atom is -0.314 e. The molecule has 4 nitrogen and oxygen atoms in total. The summed E-state index contributed by atoms with van der Waals surface area (Å²) < 4.78 is 2.28. The lowest BCUT2D eigenvalue weighted by Crippen LogP contribution is -2.09. The van der Waals surface area contributed by atoms with E-state index in [1.807, 2.05) is 42.5 Å². The maximum atomic E-state index is 5.15. The van der Waals surface area contributed by atoms with Crippen LogP contribution in [-0.2, 0) is 0 Å². The van der Waals surface area contributed by atoms with Crippen molar-refractivity contribution in [2.24, 2.45) is 0 Å². The van der Waals surface area contributed by atoms with E-state index >= 15 is 0 Å². The third-order valence-electron chi connectivity index (χ3n) is 10.5. The van der Waals surface area contributed by atoms with Crippen LogP contribution in [0.3, 0.4) is 0 Å². The Bertz CT molecular complexity index is 3050. The van der Waals surface area contributed by atoms with Crippen LogP contribution >= 0.6 is 0 Å². The summed E-state index contributed by atoms with van der Waals surface area (Å²) in [5.41, 5.74) is 14.4. The molecule has 0 aliphatic heterocycles. The monoisotopic (exact) mass is 704 g/mol. The summed E-state index contributed by atoms with van der Waals surface area (Å²) in [6.45, 7) is 6.47. The second-order valence-electron chi connectivity index (χ2n) is 14.0. The van der Waals surface area contributed by atoms with Gasteiger partial charge in [0, 0.05) is 44.7 Å². The topological polar surface area (TPSA) is 34.0 Å². The van der Waals surface area contributed by atoms with Crippen molar-refractivity contribution >= 4 is 66.4 Å². The minimum absolute atomic E-state index is 0.860. The fourth-order valence-electron chi connectivity index (χ4n) is 8.00. The van der Waals surface area contributed by atoms with E-state index in [2.05, 4.69) is 169 Å². The van der Waals surface area contributed by atoms with Crippen LogP contribution in [0.25, 0.3) is 83.0 Å². The molecule has 0 aliphatic rings. The Morgan fingerprint density at radius 2 is 0.982 bits per heavy atom. The number of nitrogens with zero attached hydrogens (tertiary/aromatic N) is 4. The highest BCUT2D eigenvalue weighted by atomic mass is 15.1. The van der Waals surface area contributed by atoms with Gasteiger partial charge in [-0.05, 0) is 95.6 Å². The van der Waals surface area contributed by atoms with Crippen LogP contribution in [0.4, 0.5) is 17.1 Å². The number of hydrogen-bond acceptors (Lipinski definition) is 3. The number of benzene rings is 8. The van der Waals surface area contributed by atoms with Gasteiger partial charge in [0.05, 0.1) is 33.5 Å². The van der Waals surface area contributed by atoms with Gasteiger partial charge in [-0.1, -0.05) is 128 Å². The molecular formula is C51H36N4. The van der Waals surface area contributed by atoms with E-state index in [4.69, 9.17) is 9.97 Å². The molecule has 0 atom stereocenters. The van der Waals surface area contributed by atoms with Crippen LogP contribution in [0.1, 0.15) is 6.92 Å². The summed E-state index contributed by atoms with van der Waals surface area (Å²) in [4.78, 5) is 12.6. The number of aromatic nitrogens is 3. The molecule has 0 aliphatic carbocycles. The lowest BCUT2D eigenvalue weighted by molar-refractivity contribution is 1.21. The second kappa shape index (κ2) is 13.3. The van der Waals surface area contributed by atoms with Gasteiger partial charge >= 0.3 is 0 Å². The standard InChI is InChI=1S/C51H36N4/c1-34(2)54-48-30-26-38(43-21-13-17-35-14-9-10-20-42(35)43)32-44(48)45-33-41(29-31-49(45)54)55(39-18-7-4-8-19-39)40-27-24-37(25-28-40)51-50(36-15-5-3-6-16-36)52-46-22-11-12-23-47(46)53-51/h3-33H,1H2,2H3. The van der Waals surface area contributed by atoms with E-state index in [0.717, 1.165) is 67.3 Å². The number of anilines is 3. The molecule has 0 spiro atoms. The smallest absolute Gasteiger partial charge is 0.0973 e. The quantitative estimate of drug-likeness (QED) is 0.166. The third kappa shape index (κ3) is 5.63. The van der Waals surface area contributed by atoms with E-state index < -0.39 is 0 Å². The summed E-state index contributed by atoms with van der Waals surface area (Å²) in [7, 11) is 0. The van der Waals surface area contributed by atoms with Gasteiger partial charge < -0.3 is 9.47 Å². The zero-order chi connectivity index (χ0) is 36.9. The first kappa shape index (κ1) is 32.4. The third-order valence-corrected chi connectivity index (χ3v) is 10.5. The number of hydrogen-bond donors (Lipinski definition) is 0. The highest BCUT2D eigenvalue weighted by molar-refractivity contribution is 6.13. The molecule has 260 valence electrons. The second-order valence-corrected chi connectivity index (χ2v) is 14.0. The van der Waals surface area contributed by atoms with Crippen molar-refractivity contribution < 1.29 is 0 Å². The van der Waals surface area contributed by atoms with Gasteiger partial charge in [0.25, 0.3) is 0 Å². The van der Waals surface area contributed by atoms with Crippen molar-refractivity contribution in [2.75, 3.05) is 4.90 Å². The van der Waals surface area contributed by atoms with Gasteiger partial charge in [-0.3, -0.25) is 0 Å². The predicted molar refractivity (Wildman–Crippen MR) is 232 cm³/mol. The number of allylic oxidation sites excluding steroid dienone is 1. The first-order valence-corrected chi connectivity index (χ1v) is 18.6. The van der Waals surface area contributed by atoms with E-state index in [-0.39, 0.29) is 0 Å². The molecule has 0 fully saturated rings. The van der Waals surface area contributed by atoms with Crippen LogP contribution in [0.15, 0.2) is 195 Å². The average Bonchev–Trinajstić information content (AvgIpc) is 3.57. The Balaban J connectivity index is 1.13. The molecule has 4 heteroatoms. The predicted octanol–water partition coefficient (Wildman–Crippen LogP) is 13.9. The molecule has 2 heterocycles. The van der Waals surface area contributed by atoms with Gasteiger partial charge in [0.1, 0.15) is 0 Å². The molecule has 2 aromatic heterocycles. The molecule has 55 heavy (non-hydrogen) atoms. The highest BCUT2D eigenvalue weighted by Crippen LogP contribution is 2.42. The Hall–Kier alpha value is -7.30. The Kier molecular flexibility index (Phi) is 7.81. The summed E-state index contributed by atoms with van der Waals surface area (Å²) in [6.07, 6.45) is 0. The van der Waals surface area contributed by atoms with Gasteiger partial charge in [0.2, 0.25) is 0 Å². The first-order chi connectivity index (χ1) is 27.1.